The highest BCUT2D eigenvalue weighted by atomic mass is 32.2. The van der Waals surface area contributed by atoms with E-state index in [1.54, 1.807) is 44.0 Å². The van der Waals surface area contributed by atoms with Crippen LogP contribution in [0.4, 0.5) is 15.3 Å². The maximum absolute atomic E-state index is 13.8. The second kappa shape index (κ2) is 12.6. The number of fused-ring (bicyclic) bond motifs is 3. The molecule has 46 heavy (non-hydrogen) atoms. The van der Waals surface area contributed by atoms with Gasteiger partial charge in [-0.15, -0.1) is 11.3 Å². The number of anilines is 1. The molecule has 2 bridgehead atoms. The molecule has 4 N–H and O–H groups in total. The molecule has 3 amide bonds. The van der Waals surface area contributed by atoms with Gasteiger partial charge in [-0.3, -0.25) is 0 Å². The normalized spacial score (nSPS) is 22.0. The van der Waals surface area contributed by atoms with Crippen LogP contribution in [0, 0.1) is 0 Å². The van der Waals surface area contributed by atoms with Gasteiger partial charge in [-0.2, -0.15) is 0 Å². The maximum atomic E-state index is 13.8. The fourth-order valence-electron chi connectivity index (χ4n) is 7.14. The topological polar surface area (TPSA) is 141 Å². The van der Waals surface area contributed by atoms with Crippen LogP contribution < -0.4 is 15.4 Å². The molecule has 12 heteroatoms. The summed E-state index contributed by atoms with van der Waals surface area (Å²) in [7, 11) is -3.99. The van der Waals surface area contributed by atoms with Crippen LogP contribution in [0.5, 0.6) is 0 Å². The number of benzene rings is 2. The summed E-state index contributed by atoms with van der Waals surface area (Å²) in [6.07, 6.45) is 5.76. The van der Waals surface area contributed by atoms with Crippen LogP contribution in [-0.4, -0.2) is 52.7 Å². The molecule has 3 aromatic rings. The van der Waals surface area contributed by atoms with Gasteiger partial charge in [-0.1, -0.05) is 36.4 Å². The largest absolute Gasteiger partial charge is 0.465 e. The Morgan fingerprint density at radius 2 is 1.61 bits per heavy atom. The average molecular weight is 668 g/mol. The fraction of sp³-hybridized carbons (Fsp3) is 0.500. The van der Waals surface area contributed by atoms with Gasteiger partial charge in [-0.05, 0) is 97.8 Å². The van der Waals surface area contributed by atoms with Crippen LogP contribution in [0.1, 0.15) is 96.7 Å². The summed E-state index contributed by atoms with van der Waals surface area (Å²) in [6, 6.07) is 13.7. The van der Waals surface area contributed by atoms with Gasteiger partial charge in [0.05, 0.1) is 20.8 Å². The molecule has 3 fully saturated rings. The minimum absolute atomic E-state index is 0.0596. The first-order valence-corrected chi connectivity index (χ1v) is 18.1. The summed E-state index contributed by atoms with van der Waals surface area (Å²) in [5, 5.41) is 16.6. The number of carboxylic acid groups (broad SMARTS) is 1. The van der Waals surface area contributed by atoms with E-state index in [0.717, 1.165) is 54.0 Å². The molecule has 2 aromatic carbocycles. The number of aromatic nitrogens is 1. The van der Waals surface area contributed by atoms with Gasteiger partial charge in [0.2, 0.25) is 10.0 Å². The number of carbonyl (C=O) groups excluding carboxylic acids is 1. The molecule has 3 saturated carbocycles. The summed E-state index contributed by atoms with van der Waals surface area (Å²) >= 11 is 1.50. The number of carbonyl (C=O) groups is 2. The zero-order valence-corrected chi connectivity index (χ0v) is 29.0. The minimum Gasteiger partial charge on any atom is -0.465 e. The number of amides is 3. The molecular weight excluding hydrogens is 623 g/mol. The Morgan fingerprint density at radius 1 is 0.978 bits per heavy atom. The van der Waals surface area contributed by atoms with E-state index in [0.29, 0.717) is 11.3 Å². The lowest BCUT2D eigenvalue weighted by atomic mass is 9.57. The molecule has 3 aliphatic carbocycles. The number of urea groups is 1. The lowest BCUT2D eigenvalue weighted by Gasteiger charge is -2.57. The predicted molar refractivity (Wildman–Crippen MR) is 182 cm³/mol. The Balaban J connectivity index is 1.41. The summed E-state index contributed by atoms with van der Waals surface area (Å²) in [6.45, 7) is 11.1. The van der Waals surface area contributed by atoms with E-state index in [-0.39, 0.29) is 27.9 Å². The van der Waals surface area contributed by atoms with E-state index in [1.165, 1.54) is 17.4 Å². The molecule has 1 heterocycles. The third-order valence-corrected chi connectivity index (χ3v) is 12.4. The van der Waals surface area contributed by atoms with Gasteiger partial charge in [0.25, 0.3) is 0 Å². The maximum Gasteiger partial charge on any atom is 0.407 e. The number of thiazole rings is 1. The second-order valence-electron chi connectivity index (χ2n) is 14.1. The highest BCUT2D eigenvalue weighted by molar-refractivity contribution is 7.89. The number of nitrogens with zero attached hydrogens (tertiary/aromatic N) is 2. The summed E-state index contributed by atoms with van der Waals surface area (Å²) in [4.78, 5) is 32.3. The molecule has 0 radical (unpaired) electrons. The SMILES string of the molecule is CC(C)N(C(=O)O)C12CCC(c3ncc(-c4ccc(NC(=O)N[C@@H](C)c5ccccc5)cc4S(=O)(=O)NC(C)(C)C)s3)(CC1)CC2. The van der Waals surface area contributed by atoms with Gasteiger partial charge in [0.1, 0.15) is 0 Å². The molecule has 0 unspecified atom stereocenters. The Morgan fingerprint density at radius 3 is 2.17 bits per heavy atom. The van der Waals surface area contributed by atoms with Crippen molar-refractivity contribution in [3.8, 4) is 10.4 Å². The van der Waals surface area contributed by atoms with Gasteiger partial charge in [0.15, 0.2) is 0 Å². The smallest absolute Gasteiger partial charge is 0.407 e. The molecule has 0 aliphatic heterocycles. The van der Waals surface area contributed by atoms with Crippen LogP contribution in [-0.2, 0) is 15.4 Å². The Kier molecular flexibility index (Phi) is 9.29. The standard InChI is InChI=1S/C34H45N5O5S2/c1-22(2)39(31(41)42)34-17-14-33(15-18-34,16-19-34)29-35-21-27(45-29)26-13-12-25(20-28(26)46(43,44)38-32(4,5)6)37-30(40)36-23(3)24-10-8-7-9-11-24/h7-13,20-23,38H,14-19H2,1-6H3,(H,41,42)(H2,36,37,40)/t23-,33?,34?/m0/s1. The minimum atomic E-state index is -3.99. The van der Waals surface area contributed by atoms with Crippen LogP contribution >= 0.6 is 11.3 Å². The highest BCUT2D eigenvalue weighted by Crippen LogP contribution is 2.57. The zero-order chi connectivity index (χ0) is 33.5. The summed E-state index contributed by atoms with van der Waals surface area (Å²) in [5.41, 5.74) is 0.601. The third-order valence-electron chi connectivity index (χ3n) is 9.28. The van der Waals surface area contributed by atoms with Crippen molar-refractivity contribution in [1.82, 2.24) is 19.9 Å². The van der Waals surface area contributed by atoms with E-state index >= 15 is 0 Å². The number of rotatable bonds is 9. The van der Waals surface area contributed by atoms with Crippen LogP contribution in [0.3, 0.4) is 0 Å². The van der Waals surface area contributed by atoms with Crippen molar-refractivity contribution in [2.24, 2.45) is 0 Å². The second-order valence-corrected chi connectivity index (χ2v) is 16.8. The Hall–Kier alpha value is -3.48. The van der Waals surface area contributed by atoms with Gasteiger partial charge < -0.3 is 20.6 Å². The van der Waals surface area contributed by atoms with Gasteiger partial charge in [0, 0.05) is 40.0 Å². The van der Waals surface area contributed by atoms with Crippen molar-refractivity contribution in [2.45, 2.75) is 114 Å². The first kappa shape index (κ1) is 33.9. The molecule has 1 atom stereocenters. The number of hydrogen-bond acceptors (Lipinski definition) is 6. The Bertz CT molecular complexity index is 1670. The van der Waals surface area contributed by atoms with Gasteiger partial charge in [-0.25, -0.2) is 27.7 Å². The molecule has 0 spiro atoms. The molecule has 10 nitrogen and oxygen atoms in total. The lowest BCUT2D eigenvalue weighted by molar-refractivity contribution is -0.0288. The van der Waals surface area contributed by atoms with Gasteiger partial charge >= 0.3 is 12.1 Å². The quantitative estimate of drug-likeness (QED) is 0.186. The van der Waals surface area contributed by atoms with Crippen molar-refractivity contribution in [1.29, 1.82) is 0 Å². The van der Waals surface area contributed by atoms with E-state index in [2.05, 4.69) is 15.4 Å². The lowest BCUT2D eigenvalue weighted by Crippen LogP contribution is -2.61. The van der Waals surface area contributed by atoms with E-state index in [1.807, 2.05) is 51.1 Å². The average Bonchev–Trinajstić information content (AvgIpc) is 3.48. The van der Waals surface area contributed by atoms with E-state index < -0.39 is 27.7 Å². The molecule has 6 rings (SSSR count). The zero-order valence-electron chi connectivity index (χ0n) is 27.4. The van der Waals surface area contributed by atoms with Crippen LogP contribution in [0.25, 0.3) is 10.4 Å². The van der Waals surface area contributed by atoms with E-state index in [9.17, 15) is 23.1 Å². The van der Waals surface area contributed by atoms with Crippen LogP contribution in [0.15, 0.2) is 59.6 Å². The van der Waals surface area contributed by atoms with Crippen molar-refractivity contribution < 1.29 is 23.1 Å². The van der Waals surface area contributed by atoms with Crippen molar-refractivity contribution >= 4 is 39.2 Å². The van der Waals surface area contributed by atoms with Crippen molar-refractivity contribution in [3.63, 3.8) is 0 Å². The predicted octanol–water partition coefficient (Wildman–Crippen LogP) is 7.50. The van der Waals surface area contributed by atoms with E-state index in [4.69, 9.17) is 4.98 Å². The fourth-order valence-corrected chi connectivity index (χ4v) is 10.1. The third kappa shape index (κ3) is 6.94. The highest BCUT2D eigenvalue weighted by Gasteiger charge is 2.54. The Labute approximate surface area is 276 Å². The number of sulfonamides is 1. The molecule has 1 aromatic heterocycles. The first-order valence-electron chi connectivity index (χ1n) is 15.8. The summed E-state index contributed by atoms with van der Waals surface area (Å²) < 4.78 is 30.3. The monoisotopic (exact) mass is 667 g/mol. The summed E-state index contributed by atoms with van der Waals surface area (Å²) in [5.74, 6) is 0. The van der Waals surface area contributed by atoms with Crippen LogP contribution in [0.2, 0.25) is 0 Å². The van der Waals surface area contributed by atoms with Crippen molar-refractivity contribution in [2.75, 3.05) is 5.32 Å². The molecule has 0 saturated heterocycles. The number of nitrogens with one attached hydrogen (secondary N) is 3. The molecular formula is C34H45N5O5S2. The van der Waals surface area contributed by atoms with Crippen molar-refractivity contribution in [3.05, 3.63) is 65.3 Å². The first-order chi connectivity index (χ1) is 21.5. The molecule has 3 aliphatic rings. The molecule has 248 valence electrons. The number of hydrogen-bond donors (Lipinski definition) is 4.